The van der Waals surface area contributed by atoms with E-state index in [9.17, 15) is 26.7 Å². The first kappa shape index (κ1) is 16.1. The average molecular weight is 300 g/mol. The van der Waals surface area contributed by atoms with Gasteiger partial charge in [0.05, 0.1) is 12.7 Å². The number of rotatable bonds is 4. The molecule has 2 N–H and O–H groups in total. The summed E-state index contributed by atoms with van der Waals surface area (Å²) in [7, 11) is 0.940. The maximum absolute atomic E-state index is 12.6. The number of halogens is 5. The molecule has 0 saturated heterocycles. The zero-order chi connectivity index (χ0) is 15.5. The molecular formula is C10H9F5N2O3. The molecule has 0 aliphatic carbocycles. The Bertz CT molecular complexity index is 504. The number of nitrogens with zero attached hydrogens (tertiary/aromatic N) is 1. The molecule has 20 heavy (non-hydrogen) atoms. The zero-order valence-corrected chi connectivity index (χ0v) is 10.0. The minimum Gasteiger partial charge on any atom is -0.465 e. The third-order valence-electron chi connectivity index (χ3n) is 2.15. The Balaban J connectivity index is 3.46. The third-order valence-corrected chi connectivity index (χ3v) is 2.15. The molecule has 0 aliphatic heterocycles. The van der Waals surface area contributed by atoms with Crippen molar-refractivity contribution in [2.45, 2.75) is 19.3 Å². The molecule has 0 radical (unpaired) electrons. The van der Waals surface area contributed by atoms with E-state index >= 15 is 0 Å². The summed E-state index contributed by atoms with van der Waals surface area (Å²) in [6.45, 7) is -0.577. The van der Waals surface area contributed by atoms with Crippen LogP contribution in [0.5, 0.6) is 5.88 Å². The number of hydrogen-bond acceptors (Lipinski definition) is 5. The fourth-order valence-corrected chi connectivity index (χ4v) is 1.36. The van der Waals surface area contributed by atoms with E-state index in [0.717, 1.165) is 7.11 Å². The molecule has 0 fully saturated rings. The number of esters is 1. The first-order valence-corrected chi connectivity index (χ1v) is 5.05. The molecule has 10 heteroatoms. The largest absolute Gasteiger partial charge is 0.574 e. The Morgan fingerprint density at radius 3 is 2.45 bits per heavy atom. The van der Waals surface area contributed by atoms with Crippen molar-refractivity contribution >= 4 is 5.97 Å². The molecule has 0 spiro atoms. The molecular weight excluding hydrogens is 291 g/mol. The van der Waals surface area contributed by atoms with E-state index in [1.807, 2.05) is 0 Å². The zero-order valence-electron chi connectivity index (χ0n) is 10.0. The van der Waals surface area contributed by atoms with Gasteiger partial charge in [-0.15, -0.1) is 13.2 Å². The number of nitrogens with two attached hydrogens (primary N) is 1. The van der Waals surface area contributed by atoms with Crippen LogP contribution in [-0.4, -0.2) is 24.4 Å². The van der Waals surface area contributed by atoms with Crippen LogP contribution in [0, 0.1) is 0 Å². The van der Waals surface area contributed by atoms with Crippen LogP contribution in [0.25, 0.3) is 0 Å². The quantitative estimate of drug-likeness (QED) is 0.681. The summed E-state index contributed by atoms with van der Waals surface area (Å²) in [5, 5.41) is 0. The van der Waals surface area contributed by atoms with Crippen molar-refractivity contribution in [1.82, 2.24) is 4.98 Å². The number of hydrogen-bond donors (Lipinski definition) is 1. The fourth-order valence-electron chi connectivity index (χ4n) is 1.36. The summed E-state index contributed by atoms with van der Waals surface area (Å²) in [6.07, 6.45) is -8.36. The fraction of sp³-hybridized carbons (Fsp3) is 0.400. The minimum absolute atomic E-state index is 0.474. The van der Waals surface area contributed by atoms with Gasteiger partial charge in [-0.3, -0.25) is 0 Å². The van der Waals surface area contributed by atoms with Gasteiger partial charge in [0.15, 0.2) is 0 Å². The van der Waals surface area contributed by atoms with Crippen LogP contribution in [0.1, 0.15) is 28.0 Å². The van der Waals surface area contributed by atoms with Crippen molar-refractivity contribution in [3.8, 4) is 5.88 Å². The molecule has 0 unspecified atom stereocenters. The summed E-state index contributed by atoms with van der Waals surface area (Å²) < 4.78 is 69.6. The van der Waals surface area contributed by atoms with Gasteiger partial charge in [0, 0.05) is 12.1 Å². The molecule has 0 bridgehead atoms. The van der Waals surface area contributed by atoms with Crippen molar-refractivity contribution in [2.75, 3.05) is 7.11 Å². The van der Waals surface area contributed by atoms with Gasteiger partial charge >= 0.3 is 12.3 Å². The maximum atomic E-state index is 12.6. The Morgan fingerprint density at radius 2 is 2.05 bits per heavy atom. The molecule has 5 nitrogen and oxygen atoms in total. The highest BCUT2D eigenvalue weighted by molar-refractivity contribution is 5.91. The molecule has 0 saturated carbocycles. The third kappa shape index (κ3) is 3.76. The summed E-state index contributed by atoms with van der Waals surface area (Å²) in [5.41, 5.74) is 3.12. The van der Waals surface area contributed by atoms with E-state index in [1.54, 1.807) is 0 Å². The van der Waals surface area contributed by atoms with Gasteiger partial charge in [-0.2, -0.15) is 0 Å². The number of aromatic nitrogens is 1. The maximum Gasteiger partial charge on any atom is 0.574 e. The number of alkyl halides is 5. The highest BCUT2D eigenvalue weighted by atomic mass is 19.4. The molecule has 1 aromatic rings. The summed E-state index contributed by atoms with van der Waals surface area (Å²) in [4.78, 5) is 14.4. The van der Waals surface area contributed by atoms with Gasteiger partial charge in [0.1, 0.15) is 5.69 Å². The predicted octanol–water partition coefficient (Wildman–Crippen LogP) is 2.16. The Kier molecular flexibility index (Phi) is 4.82. The summed E-state index contributed by atoms with van der Waals surface area (Å²) in [5.74, 6) is -2.32. The van der Waals surface area contributed by atoms with E-state index in [1.165, 1.54) is 0 Å². The summed E-state index contributed by atoms with van der Waals surface area (Å²) >= 11 is 0. The molecule has 112 valence electrons. The monoisotopic (exact) mass is 300 g/mol. The van der Waals surface area contributed by atoms with Crippen LogP contribution in [0.2, 0.25) is 0 Å². The SMILES string of the molecule is COC(=O)c1cc(C(F)F)nc(OC(F)(F)F)c1CN. The molecule has 1 heterocycles. The minimum atomic E-state index is -5.16. The predicted molar refractivity (Wildman–Crippen MR) is 55.1 cm³/mol. The van der Waals surface area contributed by atoms with Gasteiger partial charge in [0.25, 0.3) is 6.43 Å². The van der Waals surface area contributed by atoms with Crippen molar-refractivity contribution in [1.29, 1.82) is 0 Å². The van der Waals surface area contributed by atoms with E-state index in [0.29, 0.717) is 6.07 Å². The second-order valence-electron chi connectivity index (χ2n) is 3.42. The van der Waals surface area contributed by atoms with Crippen molar-refractivity contribution in [3.63, 3.8) is 0 Å². The van der Waals surface area contributed by atoms with Gasteiger partial charge in [-0.25, -0.2) is 18.6 Å². The standard InChI is InChI=1S/C10H9F5N2O3/c1-19-9(18)4-2-6(7(11)12)17-8(5(4)3-16)20-10(13,14)15/h2,7H,3,16H2,1H3. The number of carbonyl (C=O) groups excluding carboxylic acids is 1. The molecule has 0 aromatic carbocycles. The van der Waals surface area contributed by atoms with Crippen LogP contribution < -0.4 is 10.5 Å². The van der Waals surface area contributed by atoms with Crippen LogP contribution in [0.4, 0.5) is 22.0 Å². The van der Waals surface area contributed by atoms with Crippen molar-refractivity contribution in [2.24, 2.45) is 5.73 Å². The Labute approximate surface area is 109 Å². The van der Waals surface area contributed by atoms with E-state index < -0.39 is 48.0 Å². The lowest BCUT2D eigenvalue weighted by atomic mass is 10.1. The topological polar surface area (TPSA) is 74.4 Å². The lowest BCUT2D eigenvalue weighted by Gasteiger charge is -2.15. The normalized spacial score (nSPS) is 11.6. The number of methoxy groups -OCH3 is 1. The van der Waals surface area contributed by atoms with E-state index in [2.05, 4.69) is 14.5 Å². The first-order chi connectivity index (χ1) is 9.19. The van der Waals surface area contributed by atoms with Crippen molar-refractivity contribution in [3.05, 3.63) is 22.9 Å². The van der Waals surface area contributed by atoms with Crippen LogP contribution in [0.3, 0.4) is 0 Å². The van der Waals surface area contributed by atoms with Gasteiger partial charge < -0.3 is 15.2 Å². The highest BCUT2D eigenvalue weighted by Crippen LogP contribution is 2.30. The lowest BCUT2D eigenvalue weighted by Crippen LogP contribution is -2.22. The van der Waals surface area contributed by atoms with Crippen LogP contribution in [0.15, 0.2) is 6.07 Å². The second-order valence-corrected chi connectivity index (χ2v) is 3.42. The molecule has 1 rings (SSSR count). The number of pyridine rings is 1. The first-order valence-electron chi connectivity index (χ1n) is 5.05. The van der Waals surface area contributed by atoms with Gasteiger partial charge in [0.2, 0.25) is 5.88 Å². The Morgan fingerprint density at radius 1 is 1.45 bits per heavy atom. The van der Waals surface area contributed by atoms with Crippen LogP contribution >= 0.6 is 0 Å². The molecule has 0 amide bonds. The smallest absolute Gasteiger partial charge is 0.465 e. The van der Waals surface area contributed by atoms with E-state index in [-0.39, 0.29) is 0 Å². The van der Waals surface area contributed by atoms with E-state index in [4.69, 9.17) is 5.73 Å². The van der Waals surface area contributed by atoms with Crippen LogP contribution in [-0.2, 0) is 11.3 Å². The molecule has 0 atom stereocenters. The molecule has 0 aliphatic rings. The summed E-state index contributed by atoms with van der Waals surface area (Å²) in [6, 6.07) is 0.613. The average Bonchev–Trinajstić information content (AvgIpc) is 2.34. The van der Waals surface area contributed by atoms with Gasteiger partial charge in [-0.1, -0.05) is 0 Å². The second kappa shape index (κ2) is 5.99. The number of carbonyl (C=O) groups is 1. The lowest BCUT2D eigenvalue weighted by molar-refractivity contribution is -0.276. The number of ether oxygens (including phenoxy) is 2. The molecule has 1 aromatic heterocycles. The Hall–Kier alpha value is -1.97. The highest BCUT2D eigenvalue weighted by Gasteiger charge is 2.34. The van der Waals surface area contributed by atoms with Crippen molar-refractivity contribution < 1.29 is 36.2 Å². The van der Waals surface area contributed by atoms with Gasteiger partial charge in [-0.05, 0) is 6.07 Å².